The molecular formula is C31H34N8O2. The van der Waals surface area contributed by atoms with Crippen molar-refractivity contribution in [1.82, 2.24) is 30.0 Å². The van der Waals surface area contributed by atoms with Crippen LogP contribution in [0.15, 0.2) is 60.8 Å². The van der Waals surface area contributed by atoms with Crippen molar-refractivity contribution in [2.45, 2.75) is 25.4 Å². The molecule has 4 heterocycles. The number of terminal acetylenes is 1. The van der Waals surface area contributed by atoms with Crippen molar-refractivity contribution in [1.29, 1.82) is 0 Å². The Morgan fingerprint density at radius 2 is 1.76 bits per heavy atom. The lowest BCUT2D eigenvalue weighted by Gasteiger charge is -2.32. The number of aromatic nitrogens is 4. The molecule has 2 N–H and O–H groups in total. The van der Waals surface area contributed by atoms with Crippen LogP contribution in [0.2, 0.25) is 0 Å². The molecule has 4 aromatic rings. The molecule has 0 radical (unpaired) electrons. The van der Waals surface area contributed by atoms with Crippen molar-refractivity contribution < 1.29 is 9.53 Å². The van der Waals surface area contributed by atoms with E-state index in [1.165, 1.54) is 5.56 Å². The maximum atomic E-state index is 12.0. The zero-order valence-corrected chi connectivity index (χ0v) is 23.0. The van der Waals surface area contributed by atoms with Crippen LogP contribution >= 0.6 is 0 Å². The number of likely N-dealkylation sites (tertiary alicyclic amines) is 1. The van der Waals surface area contributed by atoms with Gasteiger partial charge in [0.15, 0.2) is 11.5 Å². The number of fused-ring (bicyclic) bond motifs is 1. The summed E-state index contributed by atoms with van der Waals surface area (Å²) in [6.07, 6.45) is 9.16. The summed E-state index contributed by atoms with van der Waals surface area (Å²) in [7, 11) is 0. The minimum Gasteiger partial charge on any atom is -0.378 e. The molecule has 2 amide bonds. The number of anilines is 2. The molecule has 210 valence electrons. The zero-order chi connectivity index (χ0) is 28.0. The van der Waals surface area contributed by atoms with Crippen molar-refractivity contribution in [3.05, 3.63) is 66.4 Å². The van der Waals surface area contributed by atoms with Crippen LogP contribution in [0.1, 0.15) is 24.4 Å². The summed E-state index contributed by atoms with van der Waals surface area (Å²) in [5, 5.41) is 11.2. The highest BCUT2D eigenvalue weighted by Gasteiger charge is 2.26. The van der Waals surface area contributed by atoms with Crippen molar-refractivity contribution in [3.8, 4) is 23.7 Å². The highest BCUT2D eigenvalue weighted by Crippen LogP contribution is 2.32. The summed E-state index contributed by atoms with van der Waals surface area (Å²) in [5.74, 6) is 3.91. The van der Waals surface area contributed by atoms with Crippen LogP contribution in [0.3, 0.4) is 0 Å². The van der Waals surface area contributed by atoms with Gasteiger partial charge in [-0.05, 0) is 42.7 Å². The van der Waals surface area contributed by atoms with E-state index in [0.29, 0.717) is 24.7 Å². The van der Waals surface area contributed by atoms with Crippen LogP contribution < -0.4 is 15.5 Å². The summed E-state index contributed by atoms with van der Waals surface area (Å²) in [4.78, 5) is 26.8. The molecule has 10 heteroatoms. The summed E-state index contributed by atoms with van der Waals surface area (Å²) >= 11 is 0. The Kier molecular flexibility index (Phi) is 8.07. The fourth-order valence-corrected chi connectivity index (χ4v) is 5.50. The van der Waals surface area contributed by atoms with Crippen LogP contribution in [0.4, 0.5) is 16.3 Å². The molecule has 2 aliphatic rings. The molecule has 0 bridgehead atoms. The molecule has 0 spiro atoms. The third-order valence-electron chi connectivity index (χ3n) is 7.65. The molecule has 2 aromatic heterocycles. The largest absolute Gasteiger partial charge is 0.378 e. The smallest absolute Gasteiger partial charge is 0.319 e. The van der Waals surface area contributed by atoms with Gasteiger partial charge in [0.05, 0.1) is 37.4 Å². The quantitative estimate of drug-likeness (QED) is 0.337. The average molecular weight is 551 g/mol. The number of piperidine rings is 1. The molecule has 0 aliphatic carbocycles. The Labute approximate surface area is 239 Å². The lowest BCUT2D eigenvalue weighted by atomic mass is 10.0. The van der Waals surface area contributed by atoms with Gasteiger partial charge in [-0.25, -0.2) is 19.4 Å². The molecule has 0 unspecified atom stereocenters. The van der Waals surface area contributed by atoms with Gasteiger partial charge in [0, 0.05) is 44.0 Å². The number of nitrogens with one attached hydrogen (secondary N) is 2. The summed E-state index contributed by atoms with van der Waals surface area (Å²) in [5.41, 5.74) is 3.72. The second kappa shape index (κ2) is 12.4. The highest BCUT2D eigenvalue weighted by molar-refractivity contribution is 5.90. The van der Waals surface area contributed by atoms with E-state index in [4.69, 9.17) is 26.2 Å². The second-order valence-electron chi connectivity index (χ2n) is 10.4. The lowest BCUT2D eigenvalue weighted by molar-refractivity contribution is 0.122. The van der Waals surface area contributed by atoms with Crippen molar-refractivity contribution in [3.63, 3.8) is 0 Å². The number of urea groups is 1. The monoisotopic (exact) mass is 550 g/mol. The minimum atomic E-state index is -0.346. The van der Waals surface area contributed by atoms with E-state index in [2.05, 4.69) is 61.4 Å². The molecule has 2 aromatic carbocycles. The van der Waals surface area contributed by atoms with Gasteiger partial charge in [0.25, 0.3) is 0 Å². The first kappa shape index (κ1) is 26.7. The SMILES string of the molecule is C#CCNC(=O)Nc1ccc(-c2nc(N3CCOCC3)c3cnn(C4CCN(Cc5ccccc5)CC4)c3n2)cc1. The van der Waals surface area contributed by atoms with Gasteiger partial charge in [-0.15, -0.1) is 6.42 Å². The van der Waals surface area contributed by atoms with Crippen molar-refractivity contribution >= 4 is 28.6 Å². The molecule has 0 atom stereocenters. The number of benzene rings is 2. The molecule has 10 nitrogen and oxygen atoms in total. The third-order valence-corrected chi connectivity index (χ3v) is 7.65. The normalized spacial score (nSPS) is 16.4. The first-order valence-corrected chi connectivity index (χ1v) is 14.1. The molecule has 2 saturated heterocycles. The number of hydrogen-bond donors (Lipinski definition) is 2. The number of amides is 2. The lowest BCUT2D eigenvalue weighted by Crippen LogP contribution is -2.37. The van der Waals surface area contributed by atoms with Gasteiger partial charge in [0.1, 0.15) is 5.82 Å². The Bertz CT molecular complexity index is 1520. The number of ether oxygens (including phenoxy) is 1. The van der Waals surface area contributed by atoms with E-state index in [0.717, 1.165) is 68.0 Å². The Morgan fingerprint density at radius 1 is 1.00 bits per heavy atom. The predicted molar refractivity (Wildman–Crippen MR) is 160 cm³/mol. The molecule has 2 aliphatic heterocycles. The minimum absolute atomic E-state index is 0.168. The van der Waals surface area contributed by atoms with Crippen LogP contribution in [0, 0.1) is 12.3 Å². The number of hydrogen-bond acceptors (Lipinski definition) is 7. The molecule has 6 rings (SSSR count). The van der Waals surface area contributed by atoms with Gasteiger partial charge in [0.2, 0.25) is 0 Å². The van der Waals surface area contributed by atoms with Crippen molar-refractivity contribution in [2.75, 3.05) is 56.2 Å². The number of morpholine rings is 1. The van der Waals surface area contributed by atoms with E-state index in [9.17, 15) is 4.79 Å². The Morgan fingerprint density at radius 3 is 2.49 bits per heavy atom. The maximum Gasteiger partial charge on any atom is 0.319 e. The first-order chi connectivity index (χ1) is 20.2. The number of rotatable bonds is 7. The van der Waals surface area contributed by atoms with Gasteiger partial charge in [-0.1, -0.05) is 36.3 Å². The molecular weight excluding hydrogens is 516 g/mol. The summed E-state index contributed by atoms with van der Waals surface area (Å²) < 4.78 is 7.72. The second-order valence-corrected chi connectivity index (χ2v) is 10.4. The first-order valence-electron chi connectivity index (χ1n) is 14.1. The zero-order valence-electron chi connectivity index (χ0n) is 23.0. The summed E-state index contributed by atoms with van der Waals surface area (Å²) in [6, 6.07) is 18.1. The number of carbonyl (C=O) groups excluding carboxylic acids is 1. The number of carbonyl (C=O) groups is 1. The topological polar surface area (TPSA) is 100 Å². The van der Waals surface area contributed by atoms with E-state index < -0.39 is 0 Å². The van der Waals surface area contributed by atoms with Crippen LogP contribution in [0.5, 0.6) is 0 Å². The molecule has 0 saturated carbocycles. The van der Waals surface area contributed by atoms with Crippen LogP contribution in [-0.2, 0) is 11.3 Å². The third kappa shape index (κ3) is 6.16. The highest BCUT2D eigenvalue weighted by atomic mass is 16.5. The van der Waals surface area contributed by atoms with Gasteiger partial charge in [-0.2, -0.15) is 5.10 Å². The van der Waals surface area contributed by atoms with E-state index in [1.54, 1.807) is 0 Å². The average Bonchev–Trinajstić information content (AvgIpc) is 3.45. The van der Waals surface area contributed by atoms with Crippen LogP contribution in [-0.4, -0.2) is 76.6 Å². The Hall–Kier alpha value is -4.46. The van der Waals surface area contributed by atoms with E-state index >= 15 is 0 Å². The van der Waals surface area contributed by atoms with Crippen molar-refractivity contribution in [2.24, 2.45) is 0 Å². The van der Waals surface area contributed by atoms with Gasteiger partial charge in [-0.3, -0.25) is 4.90 Å². The molecule has 41 heavy (non-hydrogen) atoms. The Balaban J connectivity index is 1.26. The molecule has 2 fully saturated rings. The van der Waals surface area contributed by atoms with E-state index in [1.807, 2.05) is 30.5 Å². The fourth-order valence-electron chi connectivity index (χ4n) is 5.50. The van der Waals surface area contributed by atoms with Crippen LogP contribution in [0.25, 0.3) is 22.4 Å². The summed E-state index contributed by atoms with van der Waals surface area (Å²) in [6.45, 7) is 6.03. The predicted octanol–water partition coefficient (Wildman–Crippen LogP) is 3.92. The standard InChI is InChI=1S/C31H34N8O2/c1-2-14-32-31(40)34-25-10-8-24(9-11-25)28-35-29(38-17-19-41-20-18-38)27-21-33-39(30(27)36-28)26-12-15-37(16-13-26)22-23-6-4-3-5-7-23/h1,3-11,21,26H,12-20,22H2,(H2,32,34,40). The number of nitrogens with zero attached hydrogens (tertiary/aromatic N) is 6. The van der Waals surface area contributed by atoms with Gasteiger partial charge >= 0.3 is 6.03 Å². The van der Waals surface area contributed by atoms with E-state index in [-0.39, 0.29) is 18.6 Å². The van der Waals surface area contributed by atoms with Gasteiger partial charge < -0.3 is 20.3 Å². The maximum absolute atomic E-state index is 12.0. The fraction of sp³-hybridized carbons (Fsp3) is 0.355.